The van der Waals surface area contributed by atoms with E-state index >= 15 is 0 Å². The summed E-state index contributed by atoms with van der Waals surface area (Å²) in [6.45, 7) is 2.18. The van der Waals surface area contributed by atoms with Crippen LogP contribution in [0.15, 0.2) is 54.6 Å². The van der Waals surface area contributed by atoms with Crippen molar-refractivity contribution in [2.75, 3.05) is 5.32 Å². The number of carbonyl (C=O) groups excluding carboxylic acids is 1. The number of nitrogens with zero attached hydrogens (tertiary/aromatic N) is 2. The molecule has 1 amide bonds. The van der Waals surface area contributed by atoms with Gasteiger partial charge in [0.15, 0.2) is 0 Å². The highest BCUT2D eigenvalue weighted by molar-refractivity contribution is 5.98. The van der Waals surface area contributed by atoms with Gasteiger partial charge in [0.05, 0.1) is 11.2 Å². The Hall–Kier alpha value is -2.62. The second kappa shape index (κ2) is 7.09. The molecule has 1 heterocycles. The molecule has 0 saturated carbocycles. The van der Waals surface area contributed by atoms with Crippen molar-refractivity contribution in [3.63, 3.8) is 0 Å². The van der Waals surface area contributed by atoms with Crippen LogP contribution in [-0.2, 0) is 6.42 Å². The Kier molecular flexibility index (Phi) is 4.71. The Morgan fingerprint density at radius 1 is 1.04 bits per heavy atom. The molecule has 0 bridgehead atoms. The van der Waals surface area contributed by atoms with Gasteiger partial charge in [-0.15, -0.1) is 0 Å². The zero-order chi connectivity index (χ0) is 16.1. The van der Waals surface area contributed by atoms with E-state index < -0.39 is 0 Å². The molecule has 0 radical (unpaired) electrons. The van der Waals surface area contributed by atoms with Crippen molar-refractivity contribution < 1.29 is 4.79 Å². The van der Waals surface area contributed by atoms with E-state index in [1.807, 2.05) is 54.6 Å². The second-order valence-electron chi connectivity index (χ2n) is 5.63. The normalized spacial score (nSPS) is 10.8. The number of para-hydroxylation sites is 2. The van der Waals surface area contributed by atoms with E-state index in [0.29, 0.717) is 0 Å². The highest BCUT2D eigenvalue weighted by Crippen LogP contribution is 2.21. The highest BCUT2D eigenvalue weighted by Gasteiger charge is 2.15. The molecule has 0 aliphatic rings. The van der Waals surface area contributed by atoms with Gasteiger partial charge in [-0.2, -0.15) is 9.78 Å². The van der Waals surface area contributed by atoms with E-state index in [1.54, 1.807) is 0 Å². The number of amides is 1. The molecule has 23 heavy (non-hydrogen) atoms. The number of hydrogen-bond donors (Lipinski definition) is 1. The molecule has 0 fully saturated rings. The fourth-order valence-corrected chi connectivity index (χ4v) is 2.71. The van der Waals surface area contributed by atoms with Gasteiger partial charge in [-0.25, -0.2) is 4.79 Å². The number of fused-ring (bicyclic) bond motifs is 1. The number of aryl methyl sites for hydroxylation is 1. The van der Waals surface area contributed by atoms with Crippen LogP contribution in [0.1, 0.15) is 31.9 Å². The molecule has 0 spiro atoms. The van der Waals surface area contributed by atoms with Gasteiger partial charge >= 0.3 is 6.03 Å². The van der Waals surface area contributed by atoms with Crippen LogP contribution in [0.4, 0.5) is 10.5 Å². The average Bonchev–Trinajstić information content (AvgIpc) is 2.95. The lowest BCUT2D eigenvalue weighted by Gasteiger charge is -2.05. The van der Waals surface area contributed by atoms with E-state index in [-0.39, 0.29) is 6.03 Å². The van der Waals surface area contributed by atoms with Gasteiger partial charge in [0.1, 0.15) is 0 Å². The Bertz CT molecular complexity index is 793. The summed E-state index contributed by atoms with van der Waals surface area (Å²) in [6.07, 6.45) is 4.35. The molecule has 0 atom stereocenters. The summed E-state index contributed by atoms with van der Waals surface area (Å²) < 4.78 is 1.48. The van der Waals surface area contributed by atoms with Crippen molar-refractivity contribution in [3.05, 3.63) is 60.3 Å². The van der Waals surface area contributed by atoms with Crippen LogP contribution in [0.3, 0.4) is 0 Å². The molecule has 4 nitrogen and oxygen atoms in total. The van der Waals surface area contributed by atoms with Crippen molar-refractivity contribution in [1.29, 1.82) is 0 Å². The summed E-state index contributed by atoms with van der Waals surface area (Å²) in [4.78, 5) is 12.6. The highest BCUT2D eigenvalue weighted by atomic mass is 16.2. The first-order chi connectivity index (χ1) is 11.3. The Morgan fingerprint density at radius 2 is 1.78 bits per heavy atom. The predicted molar refractivity (Wildman–Crippen MR) is 93.8 cm³/mol. The molecule has 0 unspecified atom stereocenters. The fraction of sp³-hybridized carbons (Fsp3) is 0.263. The number of nitrogens with one attached hydrogen (secondary N) is 1. The molecule has 0 aliphatic carbocycles. The number of rotatable bonds is 5. The number of carbonyl (C=O) groups is 1. The number of benzene rings is 2. The van der Waals surface area contributed by atoms with E-state index in [9.17, 15) is 4.79 Å². The summed E-state index contributed by atoms with van der Waals surface area (Å²) in [5.74, 6) is 0. The maximum absolute atomic E-state index is 12.6. The van der Waals surface area contributed by atoms with Gasteiger partial charge in [-0.3, -0.25) is 0 Å². The molecule has 3 aromatic rings. The van der Waals surface area contributed by atoms with E-state index in [0.717, 1.165) is 35.1 Å². The van der Waals surface area contributed by atoms with Crippen LogP contribution in [-0.4, -0.2) is 15.8 Å². The van der Waals surface area contributed by atoms with Crippen LogP contribution in [0.5, 0.6) is 0 Å². The first-order valence-corrected chi connectivity index (χ1v) is 8.12. The van der Waals surface area contributed by atoms with Gasteiger partial charge in [0.2, 0.25) is 0 Å². The maximum atomic E-state index is 12.6. The van der Waals surface area contributed by atoms with Gasteiger partial charge < -0.3 is 5.32 Å². The molecule has 4 heteroatoms. The van der Waals surface area contributed by atoms with Crippen molar-refractivity contribution in [1.82, 2.24) is 9.78 Å². The average molecular weight is 307 g/mol. The SMILES string of the molecule is CCCCCc1nn(C(=O)Nc2ccccc2)c2ccccc12. The molecule has 1 N–H and O–H groups in total. The second-order valence-corrected chi connectivity index (χ2v) is 5.63. The van der Waals surface area contributed by atoms with E-state index in [2.05, 4.69) is 17.3 Å². The van der Waals surface area contributed by atoms with Crippen LogP contribution in [0.2, 0.25) is 0 Å². The standard InChI is InChI=1S/C19H21N3O/c1-2-3-5-13-17-16-12-8-9-14-18(16)22(21-17)19(23)20-15-10-6-4-7-11-15/h4,6-12,14H,2-3,5,13H2,1H3,(H,20,23). The van der Waals surface area contributed by atoms with Crippen molar-refractivity contribution in [2.45, 2.75) is 32.6 Å². The lowest BCUT2D eigenvalue weighted by molar-refractivity contribution is 0.251. The minimum Gasteiger partial charge on any atom is -0.306 e. The molecule has 1 aromatic heterocycles. The van der Waals surface area contributed by atoms with Crippen LogP contribution in [0, 0.1) is 0 Å². The zero-order valence-electron chi connectivity index (χ0n) is 13.3. The van der Waals surface area contributed by atoms with Crippen molar-refractivity contribution >= 4 is 22.6 Å². The van der Waals surface area contributed by atoms with Crippen LogP contribution >= 0.6 is 0 Å². The van der Waals surface area contributed by atoms with Gasteiger partial charge in [0, 0.05) is 11.1 Å². The summed E-state index contributed by atoms with van der Waals surface area (Å²) in [6, 6.07) is 17.1. The number of anilines is 1. The summed E-state index contributed by atoms with van der Waals surface area (Å²) in [7, 11) is 0. The molecule has 0 saturated heterocycles. The smallest absolute Gasteiger partial charge is 0.306 e. The van der Waals surface area contributed by atoms with Crippen molar-refractivity contribution in [2.24, 2.45) is 0 Å². The largest absolute Gasteiger partial charge is 0.347 e. The van der Waals surface area contributed by atoms with Crippen LogP contribution in [0.25, 0.3) is 10.9 Å². The third kappa shape index (κ3) is 3.42. The van der Waals surface area contributed by atoms with Gasteiger partial charge in [-0.1, -0.05) is 56.2 Å². The quantitative estimate of drug-likeness (QED) is 0.685. The number of unbranched alkanes of at least 4 members (excludes halogenated alkanes) is 2. The predicted octanol–water partition coefficient (Wildman–Crippen LogP) is 4.85. The minimum absolute atomic E-state index is 0.228. The summed E-state index contributed by atoms with van der Waals surface area (Å²) in [5.41, 5.74) is 2.62. The van der Waals surface area contributed by atoms with Gasteiger partial charge in [-0.05, 0) is 31.0 Å². The summed E-state index contributed by atoms with van der Waals surface area (Å²) in [5, 5.41) is 8.52. The molecule has 3 rings (SSSR count). The first kappa shape index (κ1) is 15.3. The topological polar surface area (TPSA) is 46.9 Å². The van der Waals surface area contributed by atoms with E-state index in [1.165, 1.54) is 17.5 Å². The van der Waals surface area contributed by atoms with E-state index in [4.69, 9.17) is 0 Å². The number of aromatic nitrogens is 2. The monoisotopic (exact) mass is 307 g/mol. The summed E-state index contributed by atoms with van der Waals surface area (Å²) >= 11 is 0. The molecule has 0 aliphatic heterocycles. The Morgan fingerprint density at radius 3 is 2.57 bits per heavy atom. The minimum atomic E-state index is -0.228. The van der Waals surface area contributed by atoms with Gasteiger partial charge in [0.25, 0.3) is 0 Å². The van der Waals surface area contributed by atoms with Crippen molar-refractivity contribution in [3.8, 4) is 0 Å². The zero-order valence-corrected chi connectivity index (χ0v) is 13.3. The fourth-order valence-electron chi connectivity index (χ4n) is 2.71. The maximum Gasteiger partial charge on any atom is 0.347 e. The molecule has 118 valence electrons. The third-order valence-corrected chi connectivity index (χ3v) is 3.90. The molecular formula is C19H21N3O. The van der Waals surface area contributed by atoms with Crippen LogP contribution < -0.4 is 5.32 Å². The molecule has 2 aromatic carbocycles. The Labute approximate surface area is 136 Å². The third-order valence-electron chi connectivity index (χ3n) is 3.90. The lowest BCUT2D eigenvalue weighted by atomic mass is 10.1. The Balaban J connectivity index is 1.89. The molecular weight excluding hydrogens is 286 g/mol. The first-order valence-electron chi connectivity index (χ1n) is 8.12. The number of hydrogen-bond acceptors (Lipinski definition) is 2. The lowest BCUT2D eigenvalue weighted by Crippen LogP contribution is -2.20.